The van der Waals surface area contributed by atoms with E-state index >= 15 is 0 Å². The normalized spacial score (nSPS) is 11.9. The van der Waals surface area contributed by atoms with Gasteiger partial charge in [0.05, 0.1) is 18.0 Å². The van der Waals surface area contributed by atoms with Crippen LogP contribution in [0.4, 0.5) is 10.6 Å². The van der Waals surface area contributed by atoms with E-state index in [4.69, 9.17) is 4.74 Å². The number of H-pyrrole nitrogens is 1. The number of hydrogen-bond donors (Lipinski definition) is 3. The van der Waals surface area contributed by atoms with Crippen molar-refractivity contribution in [3.63, 3.8) is 0 Å². The molecule has 0 aliphatic rings. The van der Waals surface area contributed by atoms with Crippen LogP contribution in [-0.2, 0) is 0 Å². The van der Waals surface area contributed by atoms with Crippen molar-refractivity contribution in [1.29, 1.82) is 0 Å². The Balaban J connectivity index is 1.58. The molecule has 7 heteroatoms. The van der Waals surface area contributed by atoms with Crippen LogP contribution in [-0.4, -0.2) is 34.9 Å². The number of rotatable bonds is 5. The minimum atomic E-state index is -0.295. The van der Waals surface area contributed by atoms with Crippen LogP contribution in [0, 0.1) is 0 Å². The third kappa shape index (κ3) is 3.45. The molecule has 0 aliphatic carbocycles. The average Bonchev–Trinajstić information content (AvgIpc) is 3.02. The summed E-state index contributed by atoms with van der Waals surface area (Å²) in [6, 6.07) is 11.5. The second-order valence-electron chi connectivity index (χ2n) is 5.49. The first-order chi connectivity index (χ1) is 11.7. The number of amides is 2. The molecule has 124 valence electrons. The number of benzene rings is 1. The van der Waals surface area contributed by atoms with Gasteiger partial charge in [0.1, 0.15) is 5.82 Å². The fourth-order valence-corrected chi connectivity index (χ4v) is 2.42. The van der Waals surface area contributed by atoms with E-state index in [1.807, 2.05) is 30.3 Å². The molecule has 2 heterocycles. The lowest BCUT2D eigenvalue weighted by molar-refractivity contribution is 0.251. The van der Waals surface area contributed by atoms with Crippen LogP contribution in [0.2, 0.25) is 0 Å². The molecular formula is C17H19N5O2. The fourth-order valence-electron chi connectivity index (χ4n) is 2.42. The Labute approximate surface area is 139 Å². The van der Waals surface area contributed by atoms with Gasteiger partial charge in [0.2, 0.25) is 5.88 Å². The maximum Gasteiger partial charge on any atom is 0.320 e. The Bertz CT molecular complexity index is 831. The molecule has 1 aromatic carbocycles. The van der Waals surface area contributed by atoms with Crippen molar-refractivity contribution in [3.8, 4) is 5.88 Å². The maximum absolute atomic E-state index is 12.0. The van der Waals surface area contributed by atoms with Gasteiger partial charge in [0.15, 0.2) is 0 Å². The second kappa shape index (κ2) is 6.99. The lowest BCUT2D eigenvalue weighted by atomic mass is 10.0. The summed E-state index contributed by atoms with van der Waals surface area (Å²) in [4.78, 5) is 16.2. The number of anilines is 1. The Morgan fingerprint density at radius 2 is 2.12 bits per heavy atom. The second-order valence-corrected chi connectivity index (χ2v) is 5.49. The predicted octanol–water partition coefficient (Wildman–Crippen LogP) is 2.89. The summed E-state index contributed by atoms with van der Waals surface area (Å²) in [5.74, 6) is 1.15. The van der Waals surface area contributed by atoms with E-state index in [-0.39, 0.29) is 11.9 Å². The molecule has 7 nitrogen and oxygen atoms in total. The van der Waals surface area contributed by atoms with E-state index in [1.54, 1.807) is 19.4 Å². The predicted molar refractivity (Wildman–Crippen MR) is 92.3 cm³/mol. The first-order valence-corrected chi connectivity index (χ1v) is 7.65. The standard InChI is InChI=1S/C17H19N5O2/c1-11(12-6-4-3-5-7-12)9-19-17(23)20-15-8-14-13(10-18-15)16(24-2)22-21-14/h3-8,10-11H,9H2,1-2H3,(H,21,22)(H2,18,19,20,23). The number of methoxy groups -OCH3 is 1. The number of ether oxygens (including phenoxy) is 1. The SMILES string of the molecule is COc1n[nH]c2cc(NC(=O)NCC(C)c3ccccc3)ncc12. The van der Waals surface area contributed by atoms with E-state index in [0.29, 0.717) is 18.2 Å². The first-order valence-electron chi connectivity index (χ1n) is 7.65. The molecule has 0 saturated heterocycles. The molecule has 24 heavy (non-hydrogen) atoms. The lowest BCUT2D eigenvalue weighted by Gasteiger charge is -2.13. The first kappa shape index (κ1) is 15.8. The van der Waals surface area contributed by atoms with E-state index in [0.717, 1.165) is 10.9 Å². The molecule has 0 aliphatic heterocycles. The molecule has 1 unspecified atom stereocenters. The van der Waals surface area contributed by atoms with Crippen LogP contribution in [0.25, 0.3) is 10.9 Å². The zero-order valence-electron chi connectivity index (χ0n) is 13.5. The number of aromatic nitrogens is 3. The van der Waals surface area contributed by atoms with Crippen LogP contribution >= 0.6 is 0 Å². The molecule has 3 aromatic rings. The molecule has 0 saturated carbocycles. The number of urea groups is 1. The van der Waals surface area contributed by atoms with E-state index in [2.05, 4.69) is 32.7 Å². The number of pyridine rings is 1. The van der Waals surface area contributed by atoms with Gasteiger partial charge < -0.3 is 10.1 Å². The Hall–Kier alpha value is -3.09. The van der Waals surface area contributed by atoms with Gasteiger partial charge >= 0.3 is 6.03 Å². The average molecular weight is 325 g/mol. The number of aromatic amines is 1. The van der Waals surface area contributed by atoms with Crippen LogP contribution in [0.3, 0.4) is 0 Å². The number of carbonyl (C=O) groups is 1. The van der Waals surface area contributed by atoms with E-state index in [9.17, 15) is 4.79 Å². The summed E-state index contributed by atoms with van der Waals surface area (Å²) in [5, 5.41) is 13.2. The number of fused-ring (bicyclic) bond motifs is 1. The van der Waals surface area contributed by atoms with Gasteiger partial charge in [-0.1, -0.05) is 37.3 Å². The van der Waals surface area contributed by atoms with E-state index < -0.39 is 0 Å². The van der Waals surface area contributed by atoms with Gasteiger partial charge in [-0.3, -0.25) is 10.4 Å². The number of carbonyl (C=O) groups excluding carboxylic acids is 1. The number of nitrogens with one attached hydrogen (secondary N) is 3. The topological polar surface area (TPSA) is 91.9 Å². The summed E-state index contributed by atoms with van der Waals surface area (Å²) < 4.78 is 5.11. The third-order valence-corrected chi connectivity index (χ3v) is 3.78. The number of hydrogen-bond acceptors (Lipinski definition) is 4. The summed E-state index contributed by atoms with van der Waals surface area (Å²) >= 11 is 0. The summed E-state index contributed by atoms with van der Waals surface area (Å²) in [7, 11) is 1.54. The molecule has 0 fully saturated rings. The molecule has 3 rings (SSSR count). The summed E-state index contributed by atoms with van der Waals surface area (Å²) in [5.41, 5.74) is 1.93. The van der Waals surface area contributed by atoms with Crippen LogP contribution in [0.15, 0.2) is 42.6 Å². The smallest absolute Gasteiger partial charge is 0.320 e. The quantitative estimate of drug-likeness (QED) is 0.672. The van der Waals surface area contributed by atoms with Gasteiger partial charge in [0, 0.05) is 18.8 Å². The highest BCUT2D eigenvalue weighted by atomic mass is 16.5. The van der Waals surface area contributed by atoms with E-state index in [1.165, 1.54) is 5.56 Å². The van der Waals surface area contributed by atoms with Crippen molar-refractivity contribution >= 4 is 22.8 Å². The van der Waals surface area contributed by atoms with Crippen LogP contribution in [0.5, 0.6) is 5.88 Å². The molecule has 2 aromatic heterocycles. The summed E-state index contributed by atoms with van der Waals surface area (Å²) in [6.07, 6.45) is 1.61. The Morgan fingerprint density at radius 1 is 1.33 bits per heavy atom. The fraction of sp³-hybridized carbons (Fsp3) is 0.235. The largest absolute Gasteiger partial charge is 0.479 e. The molecule has 1 atom stereocenters. The minimum Gasteiger partial charge on any atom is -0.479 e. The Morgan fingerprint density at radius 3 is 2.88 bits per heavy atom. The zero-order valence-corrected chi connectivity index (χ0v) is 13.5. The molecule has 0 bridgehead atoms. The molecule has 3 N–H and O–H groups in total. The maximum atomic E-state index is 12.0. The Kier molecular flexibility index (Phi) is 4.60. The lowest BCUT2D eigenvalue weighted by Crippen LogP contribution is -2.32. The highest BCUT2D eigenvalue weighted by Crippen LogP contribution is 2.22. The minimum absolute atomic E-state index is 0.226. The third-order valence-electron chi connectivity index (χ3n) is 3.78. The molecule has 2 amide bonds. The van der Waals surface area contributed by atoms with Gasteiger partial charge in [-0.2, -0.15) is 0 Å². The molecular weight excluding hydrogens is 306 g/mol. The van der Waals surface area contributed by atoms with Crippen molar-refractivity contribution in [2.45, 2.75) is 12.8 Å². The van der Waals surface area contributed by atoms with Gasteiger partial charge in [-0.05, 0) is 11.5 Å². The number of nitrogens with zero attached hydrogens (tertiary/aromatic N) is 2. The summed E-state index contributed by atoms with van der Waals surface area (Å²) in [6.45, 7) is 2.60. The van der Waals surface area contributed by atoms with Crippen molar-refractivity contribution in [2.75, 3.05) is 19.0 Å². The molecule has 0 radical (unpaired) electrons. The highest BCUT2D eigenvalue weighted by Gasteiger charge is 2.10. The van der Waals surface area contributed by atoms with Crippen molar-refractivity contribution in [1.82, 2.24) is 20.5 Å². The van der Waals surface area contributed by atoms with Crippen LogP contribution in [0.1, 0.15) is 18.4 Å². The van der Waals surface area contributed by atoms with Gasteiger partial charge in [0.25, 0.3) is 0 Å². The zero-order chi connectivity index (χ0) is 16.9. The van der Waals surface area contributed by atoms with Crippen LogP contribution < -0.4 is 15.4 Å². The van der Waals surface area contributed by atoms with Crippen molar-refractivity contribution in [2.24, 2.45) is 0 Å². The van der Waals surface area contributed by atoms with Crippen molar-refractivity contribution in [3.05, 3.63) is 48.2 Å². The van der Waals surface area contributed by atoms with Gasteiger partial charge in [-0.25, -0.2) is 9.78 Å². The molecule has 0 spiro atoms. The highest BCUT2D eigenvalue weighted by molar-refractivity contribution is 5.91. The van der Waals surface area contributed by atoms with Crippen molar-refractivity contribution < 1.29 is 9.53 Å². The monoisotopic (exact) mass is 325 g/mol. The van der Waals surface area contributed by atoms with Gasteiger partial charge in [-0.15, -0.1) is 5.10 Å².